The number of alkyl halides is 2. The van der Waals surface area contributed by atoms with Gasteiger partial charge in [-0.2, -0.15) is 0 Å². The maximum absolute atomic E-state index is 6.35. The van der Waals surface area contributed by atoms with Crippen molar-refractivity contribution in [3.63, 3.8) is 0 Å². The van der Waals surface area contributed by atoms with Crippen LogP contribution in [0.25, 0.3) is 0 Å². The first-order valence-corrected chi connectivity index (χ1v) is 7.59. The van der Waals surface area contributed by atoms with E-state index in [1.807, 2.05) is 17.8 Å². The van der Waals surface area contributed by atoms with E-state index in [0.29, 0.717) is 5.92 Å². The molecule has 0 N–H and O–H groups in total. The van der Waals surface area contributed by atoms with Crippen molar-refractivity contribution in [1.29, 1.82) is 0 Å². The Morgan fingerprint density at radius 3 is 2.31 bits per heavy atom. The Hall–Kier alpha value is 0.150. The number of benzene rings is 1. The van der Waals surface area contributed by atoms with Crippen LogP contribution < -0.4 is 0 Å². The summed E-state index contributed by atoms with van der Waals surface area (Å²) in [5.74, 6) is 1.48. The standard InChI is InChI=1S/C13H16Cl2S/c14-12-7-4-8-13(15)11(12)9-16-10-5-2-1-3-6-10/h1-3,5-6,11-13H,4,7-9H2. The predicted molar refractivity (Wildman–Crippen MR) is 73.8 cm³/mol. The van der Waals surface area contributed by atoms with E-state index in [1.54, 1.807) is 0 Å². The lowest BCUT2D eigenvalue weighted by Crippen LogP contribution is -2.31. The third-order valence-electron chi connectivity index (χ3n) is 3.07. The van der Waals surface area contributed by atoms with Crippen LogP contribution in [0.2, 0.25) is 0 Å². The minimum absolute atomic E-state index is 0.257. The molecule has 0 aromatic heterocycles. The van der Waals surface area contributed by atoms with Crippen molar-refractivity contribution in [2.75, 3.05) is 5.75 Å². The fourth-order valence-corrected chi connectivity index (χ4v) is 4.40. The zero-order valence-corrected chi connectivity index (χ0v) is 11.4. The van der Waals surface area contributed by atoms with Crippen LogP contribution >= 0.6 is 35.0 Å². The van der Waals surface area contributed by atoms with Gasteiger partial charge in [-0.05, 0) is 25.0 Å². The summed E-state index contributed by atoms with van der Waals surface area (Å²) in [6, 6.07) is 10.5. The zero-order chi connectivity index (χ0) is 11.4. The summed E-state index contributed by atoms with van der Waals surface area (Å²) in [5, 5.41) is 0.514. The van der Waals surface area contributed by atoms with Crippen LogP contribution in [0.5, 0.6) is 0 Å². The van der Waals surface area contributed by atoms with Gasteiger partial charge < -0.3 is 0 Å². The molecule has 0 heterocycles. The van der Waals surface area contributed by atoms with Crippen molar-refractivity contribution in [1.82, 2.24) is 0 Å². The zero-order valence-electron chi connectivity index (χ0n) is 9.11. The Morgan fingerprint density at radius 2 is 1.69 bits per heavy atom. The molecular formula is C13H16Cl2S. The van der Waals surface area contributed by atoms with Gasteiger partial charge in [0.2, 0.25) is 0 Å². The maximum atomic E-state index is 6.35. The van der Waals surface area contributed by atoms with Crippen LogP contribution in [0.3, 0.4) is 0 Å². The molecule has 2 rings (SSSR count). The highest BCUT2D eigenvalue weighted by Gasteiger charge is 2.30. The molecule has 1 fully saturated rings. The summed E-state index contributed by atoms with van der Waals surface area (Å²) in [5.41, 5.74) is 0. The molecule has 16 heavy (non-hydrogen) atoms. The molecule has 1 aromatic rings. The highest BCUT2D eigenvalue weighted by atomic mass is 35.5. The van der Waals surface area contributed by atoms with Crippen LogP contribution in [0, 0.1) is 5.92 Å². The molecule has 3 heteroatoms. The number of hydrogen-bond donors (Lipinski definition) is 0. The van der Waals surface area contributed by atoms with Crippen molar-refractivity contribution in [2.45, 2.75) is 34.9 Å². The molecule has 1 aromatic carbocycles. The molecule has 0 nitrogen and oxygen atoms in total. The second-order valence-corrected chi connectivity index (χ2v) is 6.47. The highest BCUT2D eigenvalue weighted by molar-refractivity contribution is 7.99. The van der Waals surface area contributed by atoms with Crippen LogP contribution in [0.1, 0.15) is 19.3 Å². The van der Waals surface area contributed by atoms with Gasteiger partial charge in [-0.15, -0.1) is 35.0 Å². The van der Waals surface area contributed by atoms with Crippen LogP contribution in [0.15, 0.2) is 35.2 Å². The average Bonchev–Trinajstić information content (AvgIpc) is 2.30. The van der Waals surface area contributed by atoms with E-state index in [-0.39, 0.29) is 10.8 Å². The Balaban J connectivity index is 1.89. The van der Waals surface area contributed by atoms with E-state index in [0.717, 1.165) is 18.6 Å². The lowest BCUT2D eigenvalue weighted by molar-refractivity contribution is 0.405. The normalized spacial score (nSPS) is 30.2. The van der Waals surface area contributed by atoms with Gasteiger partial charge in [0.05, 0.1) is 0 Å². The molecule has 0 saturated heterocycles. The first-order valence-electron chi connectivity index (χ1n) is 5.73. The van der Waals surface area contributed by atoms with Gasteiger partial charge in [0.1, 0.15) is 0 Å². The van der Waals surface area contributed by atoms with E-state index in [2.05, 4.69) is 24.3 Å². The SMILES string of the molecule is ClC1CCCC(Cl)C1CSc1ccccc1. The maximum Gasteiger partial charge on any atom is 0.0386 e. The number of rotatable bonds is 3. The summed E-state index contributed by atoms with van der Waals surface area (Å²) in [7, 11) is 0. The third-order valence-corrected chi connectivity index (χ3v) is 5.32. The average molecular weight is 275 g/mol. The first kappa shape index (κ1) is 12.6. The summed E-state index contributed by atoms with van der Waals surface area (Å²) in [6.45, 7) is 0. The van der Waals surface area contributed by atoms with E-state index in [9.17, 15) is 0 Å². The molecule has 1 aliphatic carbocycles. The molecule has 0 aliphatic heterocycles. The van der Waals surface area contributed by atoms with Crippen molar-refractivity contribution in [3.8, 4) is 0 Å². The van der Waals surface area contributed by atoms with E-state index < -0.39 is 0 Å². The molecule has 2 unspecified atom stereocenters. The second kappa shape index (κ2) is 6.18. The molecule has 2 atom stereocenters. The lowest BCUT2D eigenvalue weighted by atomic mass is 9.90. The molecule has 0 amide bonds. The van der Waals surface area contributed by atoms with Gasteiger partial charge in [-0.25, -0.2) is 0 Å². The summed E-state index contributed by atoms with van der Waals surface area (Å²) < 4.78 is 0. The van der Waals surface area contributed by atoms with Crippen molar-refractivity contribution < 1.29 is 0 Å². The lowest BCUT2D eigenvalue weighted by Gasteiger charge is -2.31. The Morgan fingerprint density at radius 1 is 1.06 bits per heavy atom. The van der Waals surface area contributed by atoms with Crippen LogP contribution in [-0.4, -0.2) is 16.5 Å². The minimum atomic E-state index is 0.257. The fraction of sp³-hybridized carbons (Fsp3) is 0.538. The molecule has 0 bridgehead atoms. The van der Waals surface area contributed by atoms with Crippen LogP contribution in [-0.2, 0) is 0 Å². The Labute approximate surface area is 112 Å². The molecule has 88 valence electrons. The van der Waals surface area contributed by atoms with Gasteiger partial charge in [0.15, 0.2) is 0 Å². The van der Waals surface area contributed by atoms with Gasteiger partial charge >= 0.3 is 0 Å². The van der Waals surface area contributed by atoms with Gasteiger partial charge in [-0.3, -0.25) is 0 Å². The van der Waals surface area contributed by atoms with Gasteiger partial charge in [0.25, 0.3) is 0 Å². The predicted octanol–water partition coefficient (Wildman–Crippen LogP) is 4.79. The largest absolute Gasteiger partial charge is 0.126 e. The third kappa shape index (κ3) is 3.32. The van der Waals surface area contributed by atoms with Crippen molar-refractivity contribution in [2.24, 2.45) is 5.92 Å². The monoisotopic (exact) mass is 274 g/mol. The minimum Gasteiger partial charge on any atom is -0.126 e. The fourth-order valence-electron chi connectivity index (χ4n) is 2.08. The summed E-state index contributed by atoms with van der Waals surface area (Å²) in [6.07, 6.45) is 3.41. The molecule has 1 saturated carbocycles. The Kier molecular flexibility index (Phi) is 4.87. The van der Waals surface area contributed by atoms with Crippen molar-refractivity contribution >= 4 is 35.0 Å². The van der Waals surface area contributed by atoms with E-state index >= 15 is 0 Å². The second-order valence-electron chi connectivity index (χ2n) is 4.25. The molecule has 0 radical (unpaired) electrons. The Bertz CT molecular complexity index is 305. The van der Waals surface area contributed by atoms with E-state index in [4.69, 9.17) is 23.2 Å². The molecule has 1 aliphatic rings. The topological polar surface area (TPSA) is 0 Å². The molecular weight excluding hydrogens is 259 g/mol. The molecule has 0 spiro atoms. The smallest absolute Gasteiger partial charge is 0.0386 e. The quantitative estimate of drug-likeness (QED) is 0.564. The van der Waals surface area contributed by atoms with Gasteiger partial charge in [0, 0.05) is 27.3 Å². The van der Waals surface area contributed by atoms with Gasteiger partial charge in [-0.1, -0.05) is 24.6 Å². The number of hydrogen-bond acceptors (Lipinski definition) is 1. The number of thioether (sulfide) groups is 1. The summed E-state index contributed by atoms with van der Waals surface area (Å²) in [4.78, 5) is 1.31. The highest BCUT2D eigenvalue weighted by Crippen LogP contribution is 2.36. The van der Waals surface area contributed by atoms with E-state index in [1.165, 1.54) is 11.3 Å². The number of halogens is 2. The first-order chi connectivity index (χ1) is 7.77. The van der Waals surface area contributed by atoms with Crippen LogP contribution in [0.4, 0.5) is 0 Å². The summed E-state index contributed by atoms with van der Waals surface area (Å²) >= 11 is 14.6. The van der Waals surface area contributed by atoms with Crippen molar-refractivity contribution in [3.05, 3.63) is 30.3 Å².